The first kappa shape index (κ1) is 14.6. The van der Waals surface area contributed by atoms with Gasteiger partial charge in [0.15, 0.2) is 12.4 Å². The molecule has 0 aliphatic carbocycles. The Bertz CT molecular complexity index is 649. The van der Waals surface area contributed by atoms with Gasteiger partial charge in [-0.05, 0) is 18.2 Å². The molecule has 0 atom stereocenters. The lowest BCUT2D eigenvalue weighted by molar-refractivity contribution is -0.142. The summed E-state index contributed by atoms with van der Waals surface area (Å²) in [5.41, 5.74) is 0.571. The zero-order valence-electron chi connectivity index (χ0n) is 11.4. The number of ketones is 1. The van der Waals surface area contributed by atoms with E-state index in [1.165, 1.54) is 25.3 Å². The Kier molecular flexibility index (Phi) is 4.56. The molecule has 0 amide bonds. The van der Waals surface area contributed by atoms with Crippen molar-refractivity contribution >= 4 is 11.8 Å². The second-order valence-electron chi connectivity index (χ2n) is 4.24. The average Bonchev–Trinajstić information content (AvgIpc) is 2.54. The van der Waals surface area contributed by atoms with E-state index in [-0.39, 0.29) is 23.7 Å². The third-order valence-electron chi connectivity index (χ3n) is 2.83. The molecular weight excluding hydrogens is 272 g/mol. The first-order valence-corrected chi connectivity index (χ1v) is 6.24. The highest BCUT2D eigenvalue weighted by atomic mass is 16.6. The number of carbonyl (C=O) groups is 2. The largest absolute Gasteiger partial charge is 0.507 e. The molecule has 5 nitrogen and oxygen atoms in total. The fraction of sp³-hybridized carbons (Fsp3) is 0.125. The normalized spacial score (nSPS) is 9.95. The molecule has 2 aromatic rings. The van der Waals surface area contributed by atoms with Crippen LogP contribution in [0.1, 0.15) is 15.9 Å². The minimum absolute atomic E-state index is 0.114. The van der Waals surface area contributed by atoms with Gasteiger partial charge in [-0.1, -0.05) is 30.3 Å². The predicted octanol–water partition coefficient (Wildman–Crippen LogP) is 2.17. The van der Waals surface area contributed by atoms with Crippen molar-refractivity contribution in [1.82, 2.24) is 0 Å². The number of aromatic hydroxyl groups is 1. The Morgan fingerprint density at radius 3 is 2.48 bits per heavy atom. The van der Waals surface area contributed by atoms with Crippen LogP contribution in [-0.2, 0) is 9.53 Å². The number of hydrogen-bond donors (Lipinski definition) is 1. The lowest BCUT2D eigenvalue weighted by Crippen LogP contribution is -2.12. The number of ether oxygens (including phenoxy) is 2. The molecule has 0 aliphatic heterocycles. The lowest BCUT2D eigenvalue weighted by atomic mass is 10.0. The van der Waals surface area contributed by atoms with E-state index < -0.39 is 5.97 Å². The Balaban J connectivity index is 2.23. The Labute approximate surface area is 121 Å². The number of phenols is 1. The summed E-state index contributed by atoms with van der Waals surface area (Å²) in [5.74, 6) is -0.692. The molecule has 2 aromatic carbocycles. The molecule has 0 heterocycles. The van der Waals surface area contributed by atoms with Crippen LogP contribution >= 0.6 is 0 Å². The summed E-state index contributed by atoms with van der Waals surface area (Å²) in [7, 11) is 1.26. The second kappa shape index (κ2) is 6.56. The summed E-state index contributed by atoms with van der Waals surface area (Å²) in [6.45, 7) is -0.264. The molecule has 2 rings (SSSR count). The van der Waals surface area contributed by atoms with Gasteiger partial charge in [-0.15, -0.1) is 0 Å². The summed E-state index contributed by atoms with van der Waals surface area (Å²) in [6.07, 6.45) is 0. The maximum absolute atomic E-state index is 12.3. The molecule has 0 fully saturated rings. The third-order valence-corrected chi connectivity index (χ3v) is 2.83. The van der Waals surface area contributed by atoms with E-state index in [0.717, 1.165) is 0 Å². The van der Waals surface area contributed by atoms with Crippen LogP contribution in [0.4, 0.5) is 0 Å². The molecule has 0 spiro atoms. The highest BCUT2D eigenvalue weighted by Gasteiger charge is 2.15. The molecule has 21 heavy (non-hydrogen) atoms. The van der Waals surface area contributed by atoms with E-state index in [4.69, 9.17) is 4.74 Å². The summed E-state index contributed by atoms with van der Waals surface area (Å²) in [5, 5.41) is 9.82. The number of methoxy groups -OCH3 is 1. The number of benzene rings is 2. The van der Waals surface area contributed by atoms with Gasteiger partial charge >= 0.3 is 5.97 Å². The maximum Gasteiger partial charge on any atom is 0.343 e. The van der Waals surface area contributed by atoms with Crippen LogP contribution in [0, 0.1) is 0 Å². The zero-order valence-corrected chi connectivity index (χ0v) is 11.4. The van der Waals surface area contributed by atoms with Gasteiger partial charge in [0.1, 0.15) is 11.5 Å². The minimum Gasteiger partial charge on any atom is -0.507 e. The molecular formula is C16H14O5. The van der Waals surface area contributed by atoms with Crippen LogP contribution in [0.25, 0.3) is 0 Å². The van der Waals surface area contributed by atoms with E-state index in [0.29, 0.717) is 11.3 Å². The average molecular weight is 286 g/mol. The highest BCUT2D eigenvalue weighted by Crippen LogP contribution is 2.25. The number of rotatable bonds is 5. The van der Waals surface area contributed by atoms with Crippen LogP contribution in [0.5, 0.6) is 11.5 Å². The van der Waals surface area contributed by atoms with E-state index in [2.05, 4.69) is 4.74 Å². The van der Waals surface area contributed by atoms with Gasteiger partial charge in [-0.3, -0.25) is 4.79 Å². The Morgan fingerprint density at radius 1 is 1.10 bits per heavy atom. The lowest BCUT2D eigenvalue weighted by Gasteiger charge is -2.08. The summed E-state index contributed by atoms with van der Waals surface area (Å²) < 4.78 is 9.66. The van der Waals surface area contributed by atoms with Gasteiger partial charge in [-0.2, -0.15) is 0 Å². The first-order valence-electron chi connectivity index (χ1n) is 6.24. The van der Waals surface area contributed by atoms with Gasteiger partial charge < -0.3 is 14.6 Å². The quantitative estimate of drug-likeness (QED) is 0.673. The molecule has 0 saturated carbocycles. The predicted molar refractivity (Wildman–Crippen MR) is 75.5 cm³/mol. The van der Waals surface area contributed by atoms with Gasteiger partial charge in [0.2, 0.25) is 0 Å². The van der Waals surface area contributed by atoms with Crippen LogP contribution in [0.15, 0.2) is 48.5 Å². The molecule has 0 saturated heterocycles. The molecule has 0 bridgehead atoms. The first-order chi connectivity index (χ1) is 10.1. The highest BCUT2D eigenvalue weighted by molar-refractivity contribution is 6.10. The van der Waals surface area contributed by atoms with Crippen LogP contribution < -0.4 is 4.74 Å². The molecule has 0 aliphatic rings. The van der Waals surface area contributed by atoms with Gasteiger partial charge in [-0.25, -0.2) is 4.79 Å². The standard InChI is InChI=1S/C16H14O5/c1-20-15(18)10-21-12-7-8-14(17)13(9-12)16(19)11-5-3-2-4-6-11/h2-9,17H,10H2,1H3. The zero-order chi connectivity index (χ0) is 15.2. The van der Waals surface area contributed by atoms with Gasteiger partial charge in [0.05, 0.1) is 12.7 Å². The van der Waals surface area contributed by atoms with Crippen LogP contribution in [0.2, 0.25) is 0 Å². The SMILES string of the molecule is COC(=O)COc1ccc(O)c(C(=O)c2ccccc2)c1. The van der Waals surface area contributed by atoms with Crippen molar-refractivity contribution < 1.29 is 24.2 Å². The van der Waals surface area contributed by atoms with E-state index >= 15 is 0 Å². The molecule has 108 valence electrons. The fourth-order valence-corrected chi connectivity index (χ4v) is 1.73. The molecule has 0 radical (unpaired) electrons. The molecule has 0 unspecified atom stereocenters. The van der Waals surface area contributed by atoms with E-state index in [1.54, 1.807) is 30.3 Å². The number of carbonyl (C=O) groups excluding carboxylic acids is 2. The fourth-order valence-electron chi connectivity index (χ4n) is 1.73. The Morgan fingerprint density at radius 2 is 1.81 bits per heavy atom. The van der Waals surface area contributed by atoms with Crippen molar-refractivity contribution in [3.05, 3.63) is 59.7 Å². The molecule has 0 aromatic heterocycles. The van der Waals surface area contributed by atoms with Crippen LogP contribution in [0.3, 0.4) is 0 Å². The summed E-state index contributed by atoms with van der Waals surface area (Å²) in [4.78, 5) is 23.3. The van der Waals surface area contributed by atoms with Crippen molar-refractivity contribution in [2.24, 2.45) is 0 Å². The summed E-state index contributed by atoms with van der Waals surface area (Å²) in [6, 6.07) is 12.8. The number of esters is 1. The number of hydrogen-bond acceptors (Lipinski definition) is 5. The topological polar surface area (TPSA) is 72.8 Å². The Hall–Kier alpha value is -2.82. The maximum atomic E-state index is 12.3. The molecule has 1 N–H and O–H groups in total. The van der Waals surface area contributed by atoms with Crippen LogP contribution in [-0.4, -0.2) is 30.6 Å². The van der Waals surface area contributed by atoms with E-state index in [1.807, 2.05) is 0 Å². The van der Waals surface area contributed by atoms with Crippen molar-refractivity contribution in [3.63, 3.8) is 0 Å². The third kappa shape index (κ3) is 3.60. The minimum atomic E-state index is -0.529. The van der Waals surface area contributed by atoms with Crippen molar-refractivity contribution in [1.29, 1.82) is 0 Å². The van der Waals surface area contributed by atoms with Gasteiger partial charge in [0.25, 0.3) is 0 Å². The van der Waals surface area contributed by atoms with Crippen molar-refractivity contribution in [2.45, 2.75) is 0 Å². The summed E-state index contributed by atoms with van der Waals surface area (Å²) >= 11 is 0. The number of phenolic OH excluding ortho intramolecular Hbond substituents is 1. The van der Waals surface area contributed by atoms with Crippen molar-refractivity contribution in [3.8, 4) is 11.5 Å². The monoisotopic (exact) mass is 286 g/mol. The smallest absolute Gasteiger partial charge is 0.343 e. The van der Waals surface area contributed by atoms with Gasteiger partial charge in [0, 0.05) is 5.56 Å². The van der Waals surface area contributed by atoms with E-state index in [9.17, 15) is 14.7 Å². The van der Waals surface area contributed by atoms with Crippen molar-refractivity contribution in [2.75, 3.05) is 13.7 Å². The molecule has 5 heteroatoms. The second-order valence-corrected chi connectivity index (χ2v) is 4.24.